The predicted molar refractivity (Wildman–Crippen MR) is 223 cm³/mol. The van der Waals surface area contributed by atoms with Gasteiger partial charge in [0.05, 0.1) is 11.7 Å². The number of Topliss-reactive ketones (excluding diaryl/α,β-unsaturated/α-hetero) is 2. The van der Waals surface area contributed by atoms with Gasteiger partial charge in [-0.25, -0.2) is 0 Å². The number of ketones is 2. The molecule has 9 rings (SSSR count). The molecule has 0 radical (unpaired) electrons. The standard InChI is InChI=1S/C51H68O6/c1-47(2)42-23-24-49(4)43(48(42,3)28-37(45(47)56)32-16-11-18-34(53)26-32)22-21-39-44(41(55)29-50(39,49)5)36(30-13-8-7-9-14-30)27-40(54)46-51(6,57-46)38-20-12-19-35(38)31-15-10-17-33(52)25-31/h10-11,15-18,25-26,30,35-38,40,42-43,46,52-54H,7-9,12-14,19-24,27-29H2,1-6H3/t35-,36+,37+,38-,40-,42-,43-,46+,48-,49+,50+,51-/m1/s1. The minimum Gasteiger partial charge on any atom is -0.508 e. The molecule has 2 aromatic carbocycles. The van der Waals surface area contributed by atoms with Gasteiger partial charge in [-0.2, -0.15) is 0 Å². The number of benzene rings is 2. The average Bonchev–Trinajstić information content (AvgIpc) is 3.48. The summed E-state index contributed by atoms with van der Waals surface area (Å²) in [5, 5.41) is 33.0. The molecular formula is C51H68O6. The fraction of sp³-hybridized carbons (Fsp3) is 0.686. The molecule has 6 heteroatoms. The molecular weight excluding hydrogens is 709 g/mol. The number of aliphatic hydroxyl groups excluding tert-OH is 1. The lowest BCUT2D eigenvalue weighted by atomic mass is 9.35. The molecule has 1 aliphatic heterocycles. The van der Waals surface area contributed by atoms with E-state index in [4.69, 9.17) is 4.74 Å². The lowest BCUT2D eigenvalue weighted by molar-refractivity contribution is -0.183. The summed E-state index contributed by atoms with van der Waals surface area (Å²) in [4.78, 5) is 29.2. The van der Waals surface area contributed by atoms with Crippen molar-refractivity contribution in [3.05, 3.63) is 70.8 Å². The van der Waals surface area contributed by atoms with Gasteiger partial charge in [0.2, 0.25) is 0 Å². The SMILES string of the molecule is CC1(C)C(=O)[C@H](c2cccc(O)c2)C[C@]2(C)[C@@H]1CC[C@@]1(C)[C@@H]2CCC2=C([C@@H](C[C@@H](O)[C@@H]3O[C@]3(C)[C@@H]3CCC[C@@H]3c3cccc(O)c3)C3CCCCC3)C(=O)C[C@@]21C. The first-order valence-corrected chi connectivity index (χ1v) is 22.8. The van der Waals surface area contributed by atoms with Crippen LogP contribution >= 0.6 is 0 Å². The third-order valence-electron chi connectivity index (χ3n) is 18.7. The number of aliphatic hydroxyl groups is 1. The number of hydrogen-bond acceptors (Lipinski definition) is 6. The molecule has 6 fully saturated rings. The van der Waals surface area contributed by atoms with Crippen LogP contribution < -0.4 is 0 Å². The van der Waals surface area contributed by atoms with E-state index >= 15 is 0 Å². The van der Waals surface area contributed by atoms with E-state index < -0.39 is 17.1 Å². The van der Waals surface area contributed by atoms with Crippen molar-refractivity contribution < 1.29 is 29.6 Å². The van der Waals surface area contributed by atoms with E-state index in [1.807, 2.05) is 24.3 Å². The van der Waals surface area contributed by atoms with Gasteiger partial charge in [0, 0.05) is 23.2 Å². The Morgan fingerprint density at radius 2 is 1.47 bits per heavy atom. The van der Waals surface area contributed by atoms with Gasteiger partial charge >= 0.3 is 0 Å². The maximum absolute atomic E-state index is 14.9. The number of carbonyl (C=O) groups is 2. The molecule has 57 heavy (non-hydrogen) atoms. The number of allylic oxidation sites excluding steroid dienone is 2. The highest BCUT2D eigenvalue weighted by Gasteiger charge is 2.69. The van der Waals surface area contributed by atoms with Crippen molar-refractivity contribution in [3.63, 3.8) is 0 Å². The van der Waals surface area contributed by atoms with E-state index in [1.54, 1.807) is 18.2 Å². The lowest BCUT2D eigenvalue weighted by Crippen LogP contribution is -2.63. The largest absolute Gasteiger partial charge is 0.508 e. The summed E-state index contributed by atoms with van der Waals surface area (Å²) in [5.41, 5.74) is 3.21. The zero-order chi connectivity index (χ0) is 40.3. The third kappa shape index (κ3) is 5.98. The fourth-order valence-corrected chi connectivity index (χ4v) is 15.8. The van der Waals surface area contributed by atoms with Crippen LogP contribution in [-0.2, 0) is 14.3 Å². The normalized spacial score (nSPS) is 41.3. The Morgan fingerprint density at radius 3 is 2.18 bits per heavy atom. The van der Waals surface area contributed by atoms with Crippen LogP contribution in [0.1, 0.15) is 161 Å². The molecule has 0 amide bonds. The maximum atomic E-state index is 14.9. The smallest absolute Gasteiger partial charge is 0.160 e. The summed E-state index contributed by atoms with van der Waals surface area (Å²) in [6, 6.07) is 15.1. The van der Waals surface area contributed by atoms with Crippen molar-refractivity contribution in [2.75, 3.05) is 0 Å². The quantitative estimate of drug-likeness (QED) is 0.231. The molecule has 5 saturated carbocycles. The Bertz CT molecular complexity index is 1960. The Labute approximate surface area is 341 Å². The van der Waals surface area contributed by atoms with Crippen molar-refractivity contribution in [3.8, 4) is 11.5 Å². The molecule has 0 bridgehead atoms. The number of rotatable bonds is 8. The molecule has 0 spiro atoms. The van der Waals surface area contributed by atoms with Crippen LogP contribution in [0.3, 0.4) is 0 Å². The van der Waals surface area contributed by atoms with E-state index in [2.05, 4.69) is 47.6 Å². The Balaban J connectivity index is 1.02. The first kappa shape index (κ1) is 39.5. The molecule has 0 unspecified atom stereocenters. The fourth-order valence-electron chi connectivity index (χ4n) is 15.8. The number of ether oxygens (including phenoxy) is 1. The molecule has 1 heterocycles. The van der Waals surface area contributed by atoms with Gasteiger partial charge < -0.3 is 20.1 Å². The van der Waals surface area contributed by atoms with Gasteiger partial charge in [0.25, 0.3) is 0 Å². The predicted octanol–water partition coefficient (Wildman–Crippen LogP) is 11.0. The van der Waals surface area contributed by atoms with E-state index in [0.717, 1.165) is 80.9 Å². The van der Waals surface area contributed by atoms with Crippen molar-refractivity contribution in [2.45, 2.75) is 167 Å². The first-order chi connectivity index (χ1) is 27.0. The highest BCUT2D eigenvalue weighted by Crippen LogP contribution is 2.75. The van der Waals surface area contributed by atoms with Crippen molar-refractivity contribution in [2.24, 2.45) is 51.2 Å². The summed E-state index contributed by atoms with van der Waals surface area (Å²) in [5.74, 6) is 2.51. The monoisotopic (exact) mass is 777 g/mol. The van der Waals surface area contributed by atoms with E-state index in [0.29, 0.717) is 47.9 Å². The number of epoxide rings is 1. The molecule has 6 aliphatic carbocycles. The Kier molecular flexibility index (Phi) is 9.56. The van der Waals surface area contributed by atoms with Gasteiger partial charge in [-0.05, 0) is 158 Å². The second kappa shape index (κ2) is 13.8. The summed E-state index contributed by atoms with van der Waals surface area (Å²) >= 11 is 0. The van der Waals surface area contributed by atoms with Crippen LogP contribution in [0.15, 0.2) is 59.7 Å². The summed E-state index contributed by atoms with van der Waals surface area (Å²) < 4.78 is 6.60. The number of aromatic hydroxyl groups is 2. The van der Waals surface area contributed by atoms with E-state index in [1.165, 1.54) is 24.8 Å². The zero-order valence-corrected chi connectivity index (χ0v) is 35.5. The first-order valence-electron chi connectivity index (χ1n) is 22.8. The number of carbonyl (C=O) groups excluding carboxylic acids is 2. The van der Waals surface area contributed by atoms with Crippen molar-refractivity contribution in [1.29, 1.82) is 0 Å². The Morgan fingerprint density at radius 1 is 0.789 bits per heavy atom. The number of fused-ring (bicyclic) bond motifs is 5. The summed E-state index contributed by atoms with van der Waals surface area (Å²) in [6.45, 7) is 14.0. The highest BCUT2D eigenvalue weighted by atomic mass is 16.6. The second-order valence-corrected chi connectivity index (χ2v) is 21.6. The number of hydrogen-bond donors (Lipinski definition) is 3. The van der Waals surface area contributed by atoms with Crippen LogP contribution in [0.4, 0.5) is 0 Å². The van der Waals surface area contributed by atoms with E-state index in [-0.39, 0.29) is 51.8 Å². The third-order valence-corrected chi connectivity index (χ3v) is 18.7. The second-order valence-electron chi connectivity index (χ2n) is 21.6. The van der Waals surface area contributed by atoms with Crippen molar-refractivity contribution in [1.82, 2.24) is 0 Å². The van der Waals surface area contributed by atoms with Gasteiger partial charge in [-0.3, -0.25) is 9.59 Å². The maximum Gasteiger partial charge on any atom is 0.160 e. The van der Waals surface area contributed by atoms with Gasteiger partial charge in [-0.1, -0.05) is 90.1 Å². The molecule has 12 atom stereocenters. The minimum atomic E-state index is -0.641. The van der Waals surface area contributed by atoms with Gasteiger partial charge in [0.15, 0.2) is 5.78 Å². The number of phenols is 2. The average molecular weight is 777 g/mol. The van der Waals surface area contributed by atoms with Crippen LogP contribution in [0.25, 0.3) is 0 Å². The summed E-state index contributed by atoms with van der Waals surface area (Å²) in [7, 11) is 0. The van der Waals surface area contributed by atoms with Gasteiger partial charge in [0.1, 0.15) is 23.4 Å². The van der Waals surface area contributed by atoms with Crippen LogP contribution in [0, 0.1) is 51.2 Å². The van der Waals surface area contributed by atoms with Crippen LogP contribution in [0.2, 0.25) is 0 Å². The molecule has 0 aromatic heterocycles. The molecule has 3 N–H and O–H groups in total. The summed E-state index contributed by atoms with van der Waals surface area (Å²) in [6.07, 6.45) is 14.0. The Hall–Kier alpha value is -2.96. The molecule has 7 aliphatic rings. The van der Waals surface area contributed by atoms with E-state index in [9.17, 15) is 24.9 Å². The molecule has 308 valence electrons. The van der Waals surface area contributed by atoms with Crippen LogP contribution in [-0.4, -0.2) is 44.7 Å². The van der Waals surface area contributed by atoms with Crippen LogP contribution in [0.5, 0.6) is 11.5 Å². The van der Waals surface area contributed by atoms with Crippen molar-refractivity contribution >= 4 is 11.6 Å². The highest BCUT2D eigenvalue weighted by molar-refractivity contribution is 6.01. The molecule has 6 nitrogen and oxygen atoms in total. The lowest BCUT2D eigenvalue weighted by Gasteiger charge is -2.68. The minimum absolute atomic E-state index is 0.0389. The number of phenolic OH excluding ortho intramolecular Hbond substituents is 2. The topological polar surface area (TPSA) is 107 Å². The zero-order valence-electron chi connectivity index (χ0n) is 35.5. The van der Waals surface area contributed by atoms with Gasteiger partial charge in [-0.15, -0.1) is 0 Å². The molecule has 2 aromatic rings. The molecule has 1 saturated heterocycles.